The number of hydrogen-bond acceptors (Lipinski definition) is 3. The molecule has 0 fully saturated rings. The maximum Gasteiger partial charge on any atom is 0.326 e. The van der Waals surface area contributed by atoms with Gasteiger partial charge in [-0.1, -0.05) is 73.1 Å². The number of allylic oxidation sites excluding steroid dienone is 2. The summed E-state index contributed by atoms with van der Waals surface area (Å²) in [6.07, 6.45) is 6.38. The van der Waals surface area contributed by atoms with E-state index in [2.05, 4.69) is 21.2 Å². The van der Waals surface area contributed by atoms with Crippen LogP contribution < -0.4 is 5.32 Å². The van der Waals surface area contributed by atoms with E-state index in [1.165, 1.54) is 6.08 Å². The highest BCUT2D eigenvalue weighted by atomic mass is 79.9. The van der Waals surface area contributed by atoms with Gasteiger partial charge >= 0.3 is 5.97 Å². The number of nitrogens with one attached hydrogen (secondary N) is 1. The molecule has 0 aromatic heterocycles. The van der Waals surface area contributed by atoms with E-state index in [9.17, 15) is 19.5 Å². The fourth-order valence-electron chi connectivity index (χ4n) is 2.40. The normalized spacial score (nSPS) is 22.5. The molecule has 0 heterocycles. The number of Topliss-reactive ketones (excluding diaryl/α,β-unsaturated/α-hetero) is 1. The Bertz CT molecular complexity index is 759. The SMILES string of the molecule is CC(C)(C)C(=O)c1ccc(C(=O)NC2C=CC=CC2(Br)C(=O)O)cc1. The molecule has 1 aromatic carbocycles. The minimum absolute atomic E-state index is 0.00911. The molecule has 132 valence electrons. The lowest BCUT2D eigenvalue weighted by Crippen LogP contribution is -2.52. The van der Waals surface area contributed by atoms with Crippen molar-refractivity contribution in [3.8, 4) is 0 Å². The Morgan fingerprint density at radius 3 is 2.16 bits per heavy atom. The van der Waals surface area contributed by atoms with Gasteiger partial charge < -0.3 is 10.4 Å². The summed E-state index contributed by atoms with van der Waals surface area (Å²) >= 11 is 3.18. The van der Waals surface area contributed by atoms with E-state index in [0.29, 0.717) is 11.1 Å². The summed E-state index contributed by atoms with van der Waals surface area (Å²) in [5.41, 5.74) is 0.388. The molecule has 5 nitrogen and oxygen atoms in total. The number of carboxylic acids is 1. The number of amides is 1. The first kappa shape index (κ1) is 19.1. The molecule has 6 heteroatoms. The summed E-state index contributed by atoms with van der Waals surface area (Å²) in [6.45, 7) is 5.50. The van der Waals surface area contributed by atoms with Crippen molar-refractivity contribution < 1.29 is 19.5 Å². The van der Waals surface area contributed by atoms with Crippen molar-refractivity contribution in [2.75, 3.05) is 0 Å². The summed E-state index contributed by atoms with van der Waals surface area (Å²) in [5, 5.41) is 12.1. The summed E-state index contributed by atoms with van der Waals surface area (Å²) in [6, 6.07) is 5.61. The highest BCUT2D eigenvalue weighted by Crippen LogP contribution is 2.29. The molecule has 1 aromatic rings. The van der Waals surface area contributed by atoms with Gasteiger partial charge in [-0.3, -0.25) is 14.4 Å². The Balaban J connectivity index is 2.16. The Morgan fingerprint density at radius 1 is 1.08 bits per heavy atom. The molecule has 0 saturated carbocycles. The second kappa shape index (κ2) is 6.96. The van der Waals surface area contributed by atoms with Crippen LogP contribution in [0.15, 0.2) is 48.6 Å². The molecule has 0 aliphatic heterocycles. The van der Waals surface area contributed by atoms with E-state index < -0.39 is 27.7 Å². The third kappa shape index (κ3) is 4.07. The largest absolute Gasteiger partial charge is 0.480 e. The minimum Gasteiger partial charge on any atom is -0.480 e. The number of carbonyl (C=O) groups excluding carboxylic acids is 2. The van der Waals surface area contributed by atoms with Gasteiger partial charge in [-0.05, 0) is 12.1 Å². The van der Waals surface area contributed by atoms with Crippen LogP contribution in [0.3, 0.4) is 0 Å². The molecule has 1 aliphatic carbocycles. The van der Waals surface area contributed by atoms with Gasteiger partial charge in [0.25, 0.3) is 5.91 Å². The van der Waals surface area contributed by atoms with Crippen LogP contribution in [0.1, 0.15) is 41.5 Å². The summed E-state index contributed by atoms with van der Waals surface area (Å²) in [5.74, 6) is -1.51. The smallest absolute Gasteiger partial charge is 0.326 e. The molecular weight excluding hydrogens is 386 g/mol. The Kier molecular flexibility index (Phi) is 5.32. The van der Waals surface area contributed by atoms with Crippen LogP contribution in [0.4, 0.5) is 0 Å². The maximum atomic E-state index is 12.4. The first-order valence-corrected chi connectivity index (χ1v) is 8.59. The van der Waals surface area contributed by atoms with Crippen molar-refractivity contribution in [3.63, 3.8) is 0 Å². The summed E-state index contributed by atoms with van der Waals surface area (Å²) < 4.78 is -1.39. The lowest BCUT2D eigenvalue weighted by Gasteiger charge is -2.29. The first-order valence-electron chi connectivity index (χ1n) is 7.80. The van der Waals surface area contributed by atoms with Crippen LogP contribution in [-0.2, 0) is 4.79 Å². The maximum absolute atomic E-state index is 12.4. The lowest BCUT2D eigenvalue weighted by atomic mass is 9.86. The van der Waals surface area contributed by atoms with Crippen molar-refractivity contribution in [2.24, 2.45) is 5.41 Å². The zero-order valence-corrected chi connectivity index (χ0v) is 15.8. The van der Waals surface area contributed by atoms with Crippen LogP contribution in [0, 0.1) is 5.41 Å². The standard InChI is InChI=1S/C19H20BrNO4/c1-18(2,3)15(22)12-7-9-13(10-8-12)16(23)21-14-6-4-5-11-19(14,20)17(24)25/h4-11,14H,1-3H3,(H,21,23)(H,24,25). The summed E-state index contributed by atoms with van der Waals surface area (Å²) in [4.78, 5) is 36.2. The minimum atomic E-state index is -1.39. The average Bonchev–Trinajstić information content (AvgIpc) is 2.55. The number of halogens is 1. The highest BCUT2D eigenvalue weighted by Gasteiger charge is 2.42. The number of rotatable bonds is 4. The molecular formula is C19H20BrNO4. The Hall–Kier alpha value is -2.21. The fraction of sp³-hybridized carbons (Fsp3) is 0.316. The molecule has 25 heavy (non-hydrogen) atoms. The van der Waals surface area contributed by atoms with Gasteiger partial charge in [0.1, 0.15) is 0 Å². The van der Waals surface area contributed by atoms with E-state index in [1.54, 1.807) is 42.5 Å². The van der Waals surface area contributed by atoms with Crippen LogP contribution in [0.2, 0.25) is 0 Å². The number of aliphatic carboxylic acids is 1. The second-order valence-corrected chi connectivity index (χ2v) is 8.24. The predicted octanol–water partition coefficient (Wildman–Crippen LogP) is 3.36. The molecule has 0 spiro atoms. The van der Waals surface area contributed by atoms with E-state index in [0.717, 1.165) is 0 Å². The van der Waals surface area contributed by atoms with Gasteiger partial charge in [0.05, 0.1) is 6.04 Å². The average molecular weight is 406 g/mol. The predicted molar refractivity (Wildman–Crippen MR) is 99.1 cm³/mol. The van der Waals surface area contributed by atoms with Crippen molar-refractivity contribution in [1.29, 1.82) is 0 Å². The van der Waals surface area contributed by atoms with Crippen molar-refractivity contribution >= 4 is 33.6 Å². The first-order chi connectivity index (χ1) is 11.6. The van der Waals surface area contributed by atoms with Crippen LogP contribution in [0.25, 0.3) is 0 Å². The third-order valence-electron chi connectivity index (χ3n) is 3.91. The van der Waals surface area contributed by atoms with E-state index in [-0.39, 0.29) is 5.78 Å². The molecule has 0 radical (unpaired) electrons. The van der Waals surface area contributed by atoms with E-state index in [1.807, 2.05) is 20.8 Å². The lowest BCUT2D eigenvalue weighted by molar-refractivity contribution is -0.138. The fourth-order valence-corrected chi connectivity index (χ4v) is 2.82. The van der Waals surface area contributed by atoms with Crippen LogP contribution in [0.5, 0.6) is 0 Å². The number of benzene rings is 1. The number of ketones is 1. The molecule has 0 bridgehead atoms. The Morgan fingerprint density at radius 2 is 1.64 bits per heavy atom. The van der Waals surface area contributed by atoms with Crippen molar-refractivity contribution in [1.82, 2.24) is 5.32 Å². The van der Waals surface area contributed by atoms with Crippen LogP contribution >= 0.6 is 15.9 Å². The molecule has 2 rings (SSSR count). The number of alkyl halides is 1. The van der Waals surface area contributed by atoms with Crippen molar-refractivity contribution in [3.05, 3.63) is 59.7 Å². The monoisotopic (exact) mass is 405 g/mol. The number of carbonyl (C=O) groups is 3. The number of hydrogen-bond donors (Lipinski definition) is 2. The van der Waals surface area contributed by atoms with Gasteiger partial charge in [0.2, 0.25) is 0 Å². The van der Waals surface area contributed by atoms with Gasteiger partial charge in [0.15, 0.2) is 10.1 Å². The topological polar surface area (TPSA) is 83.5 Å². The van der Waals surface area contributed by atoms with E-state index in [4.69, 9.17) is 0 Å². The van der Waals surface area contributed by atoms with Gasteiger partial charge in [-0.2, -0.15) is 0 Å². The van der Waals surface area contributed by atoms with Crippen LogP contribution in [-0.4, -0.2) is 33.1 Å². The molecule has 1 aliphatic rings. The molecule has 1 amide bonds. The quantitative estimate of drug-likeness (QED) is 0.594. The zero-order chi connectivity index (χ0) is 18.8. The summed E-state index contributed by atoms with van der Waals surface area (Å²) in [7, 11) is 0. The Labute approximate surface area is 154 Å². The molecule has 0 saturated heterocycles. The molecule has 2 N–H and O–H groups in total. The second-order valence-electron chi connectivity index (χ2n) is 6.92. The third-order valence-corrected chi connectivity index (χ3v) is 5.01. The van der Waals surface area contributed by atoms with Gasteiger partial charge in [-0.15, -0.1) is 0 Å². The number of carboxylic acid groups (broad SMARTS) is 1. The zero-order valence-electron chi connectivity index (χ0n) is 14.2. The van der Waals surface area contributed by atoms with Gasteiger partial charge in [0, 0.05) is 16.5 Å². The highest BCUT2D eigenvalue weighted by molar-refractivity contribution is 9.10. The van der Waals surface area contributed by atoms with Crippen molar-refractivity contribution in [2.45, 2.75) is 31.1 Å². The van der Waals surface area contributed by atoms with E-state index >= 15 is 0 Å². The van der Waals surface area contributed by atoms with Gasteiger partial charge in [-0.25, -0.2) is 0 Å². The molecule has 2 atom stereocenters. The molecule has 2 unspecified atom stereocenters.